The number of para-hydroxylation sites is 1. The SMILES string of the molecule is C[C@H]1CCc2c(sc3nc(S[C@@H]4CCC(=O)NC4=O)n(-c4ccccc4)c(=O)c23)C1. The fourth-order valence-corrected chi connectivity index (χ4v) is 6.69. The molecule has 0 bridgehead atoms. The fraction of sp³-hybridized carbons (Fsp3) is 0.364. The Hall–Kier alpha value is -2.45. The Kier molecular flexibility index (Phi) is 4.99. The summed E-state index contributed by atoms with van der Waals surface area (Å²) in [6.45, 7) is 2.24. The van der Waals surface area contributed by atoms with Gasteiger partial charge in [-0.25, -0.2) is 4.98 Å². The molecule has 2 amide bonds. The minimum absolute atomic E-state index is 0.0759. The number of amides is 2. The highest BCUT2D eigenvalue weighted by Gasteiger charge is 2.31. The fourth-order valence-electron chi connectivity index (χ4n) is 4.17. The number of piperidine rings is 1. The second-order valence-corrected chi connectivity index (χ2v) is 10.2. The minimum atomic E-state index is -0.448. The summed E-state index contributed by atoms with van der Waals surface area (Å²) in [5, 5.41) is 3.17. The Morgan fingerprint density at radius 2 is 1.93 bits per heavy atom. The van der Waals surface area contributed by atoms with Crippen molar-refractivity contribution in [3.05, 3.63) is 51.1 Å². The van der Waals surface area contributed by atoms with Crippen molar-refractivity contribution in [2.45, 2.75) is 49.4 Å². The largest absolute Gasteiger partial charge is 0.295 e. The predicted octanol–water partition coefficient (Wildman–Crippen LogP) is 3.47. The lowest BCUT2D eigenvalue weighted by molar-refractivity contribution is -0.132. The first kappa shape index (κ1) is 19.5. The van der Waals surface area contributed by atoms with Crippen LogP contribution in [0.4, 0.5) is 0 Å². The van der Waals surface area contributed by atoms with Gasteiger partial charge in [0.1, 0.15) is 4.83 Å². The monoisotopic (exact) mass is 439 g/mol. The molecule has 2 atom stereocenters. The number of hydrogen-bond acceptors (Lipinski definition) is 6. The number of benzene rings is 1. The quantitative estimate of drug-likeness (QED) is 0.499. The Labute approximate surface area is 181 Å². The molecule has 1 aliphatic heterocycles. The van der Waals surface area contributed by atoms with Gasteiger partial charge in [-0.3, -0.25) is 24.3 Å². The standard InChI is InChI=1S/C22H21N3O3S2/c1-12-7-8-14-16(11-12)29-20-18(14)21(28)25(13-5-3-2-4-6-13)22(24-20)30-15-9-10-17(26)23-19(15)27/h2-6,12,15H,7-11H2,1H3,(H,23,26,27)/t12-,15+/m0/s1. The van der Waals surface area contributed by atoms with Crippen LogP contribution in [0, 0.1) is 5.92 Å². The lowest BCUT2D eigenvalue weighted by Crippen LogP contribution is -2.42. The summed E-state index contributed by atoms with van der Waals surface area (Å²) in [6.07, 6.45) is 3.71. The topological polar surface area (TPSA) is 81.1 Å². The zero-order valence-electron chi connectivity index (χ0n) is 16.5. The van der Waals surface area contributed by atoms with E-state index in [0.717, 1.165) is 40.7 Å². The maximum atomic E-state index is 13.7. The van der Waals surface area contributed by atoms with Crippen molar-refractivity contribution in [2.75, 3.05) is 0 Å². The smallest absolute Gasteiger partial charge is 0.267 e. The van der Waals surface area contributed by atoms with Gasteiger partial charge < -0.3 is 0 Å². The molecule has 3 heterocycles. The van der Waals surface area contributed by atoms with Gasteiger partial charge in [0.15, 0.2) is 5.16 Å². The minimum Gasteiger partial charge on any atom is -0.295 e. The number of carbonyl (C=O) groups excluding carboxylic acids is 2. The number of aryl methyl sites for hydroxylation is 1. The van der Waals surface area contributed by atoms with E-state index in [1.807, 2.05) is 30.3 Å². The Bertz CT molecular complexity index is 1220. The maximum absolute atomic E-state index is 13.7. The first-order chi connectivity index (χ1) is 14.5. The average molecular weight is 440 g/mol. The van der Waals surface area contributed by atoms with E-state index < -0.39 is 5.25 Å². The van der Waals surface area contributed by atoms with Crippen LogP contribution in [0.2, 0.25) is 0 Å². The molecule has 6 nitrogen and oxygen atoms in total. The number of imide groups is 1. The molecule has 1 aromatic carbocycles. The third-order valence-corrected chi connectivity index (χ3v) is 8.12. The van der Waals surface area contributed by atoms with Gasteiger partial charge in [0.05, 0.1) is 16.3 Å². The van der Waals surface area contributed by atoms with E-state index in [1.165, 1.54) is 16.6 Å². The van der Waals surface area contributed by atoms with Gasteiger partial charge in [-0.15, -0.1) is 11.3 Å². The van der Waals surface area contributed by atoms with Gasteiger partial charge in [-0.05, 0) is 49.3 Å². The number of carbonyl (C=O) groups is 2. The lowest BCUT2D eigenvalue weighted by Gasteiger charge is -2.21. The molecule has 1 saturated heterocycles. The number of fused-ring (bicyclic) bond motifs is 3. The van der Waals surface area contributed by atoms with Crippen molar-refractivity contribution in [3.8, 4) is 5.69 Å². The maximum Gasteiger partial charge on any atom is 0.267 e. The van der Waals surface area contributed by atoms with Crippen LogP contribution in [-0.2, 0) is 22.4 Å². The van der Waals surface area contributed by atoms with E-state index in [-0.39, 0.29) is 17.4 Å². The molecule has 2 aliphatic rings. The Balaban J connectivity index is 1.68. The molecule has 1 N–H and O–H groups in total. The number of rotatable bonds is 3. The molecule has 2 aromatic heterocycles. The number of nitrogens with one attached hydrogen (secondary N) is 1. The average Bonchev–Trinajstić information content (AvgIpc) is 3.08. The summed E-state index contributed by atoms with van der Waals surface area (Å²) < 4.78 is 1.63. The molecular formula is C22H21N3O3S2. The highest BCUT2D eigenvalue weighted by molar-refractivity contribution is 8.00. The van der Waals surface area contributed by atoms with E-state index in [2.05, 4.69) is 12.2 Å². The van der Waals surface area contributed by atoms with Gasteiger partial charge in [0, 0.05) is 11.3 Å². The molecule has 5 rings (SSSR count). The van der Waals surface area contributed by atoms with Crippen LogP contribution in [0.3, 0.4) is 0 Å². The van der Waals surface area contributed by atoms with E-state index in [9.17, 15) is 14.4 Å². The van der Waals surface area contributed by atoms with Crippen LogP contribution in [-0.4, -0.2) is 26.6 Å². The van der Waals surface area contributed by atoms with Gasteiger partial charge in [0.2, 0.25) is 11.8 Å². The van der Waals surface area contributed by atoms with Crippen molar-refractivity contribution in [3.63, 3.8) is 0 Å². The number of aromatic nitrogens is 2. The number of nitrogens with zero attached hydrogens (tertiary/aromatic N) is 2. The van der Waals surface area contributed by atoms with E-state index in [4.69, 9.17) is 4.98 Å². The molecule has 0 radical (unpaired) electrons. The van der Waals surface area contributed by atoms with E-state index in [1.54, 1.807) is 15.9 Å². The molecule has 0 saturated carbocycles. The first-order valence-corrected chi connectivity index (χ1v) is 11.8. The third kappa shape index (κ3) is 3.37. The second-order valence-electron chi connectivity index (χ2n) is 7.96. The zero-order chi connectivity index (χ0) is 20.8. The van der Waals surface area contributed by atoms with Crippen LogP contribution < -0.4 is 10.9 Å². The van der Waals surface area contributed by atoms with Gasteiger partial charge in [0.25, 0.3) is 5.56 Å². The van der Waals surface area contributed by atoms with Crippen LogP contribution >= 0.6 is 23.1 Å². The summed E-state index contributed by atoms with van der Waals surface area (Å²) >= 11 is 2.87. The number of thioether (sulfide) groups is 1. The summed E-state index contributed by atoms with van der Waals surface area (Å²) in [7, 11) is 0. The molecule has 8 heteroatoms. The third-order valence-electron chi connectivity index (χ3n) is 5.75. The second kappa shape index (κ2) is 7.67. The molecule has 0 spiro atoms. The van der Waals surface area contributed by atoms with Crippen molar-refractivity contribution in [1.29, 1.82) is 0 Å². The molecule has 1 aliphatic carbocycles. The molecule has 30 heavy (non-hydrogen) atoms. The first-order valence-electron chi connectivity index (χ1n) is 10.1. The van der Waals surface area contributed by atoms with Crippen molar-refractivity contribution in [1.82, 2.24) is 14.9 Å². The summed E-state index contributed by atoms with van der Waals surface area (Å²) in [5.74, 6) is 0.0458. The summed E-state index contributed by atoms with van der Waals surface area (Å²) in [6, 6.07) is 9.43. The molecule has 3 aromatic rings. The predicted molar refractivity (Wildman–Crippen MR) is 118 cm³/mol. The molecule has 0 unspecified atom stereocenters. The van der Waals surface area contributed by atoms with Crippen LogP contribution in [0.15, 0.2) is 40.3 Å². The number of thiophene rings is 1. The number of hydrogen-bond donors (Lipinski definition) is 1. The van der Waals surface area contributed by atoms with Crippen molar-refractivity contribution >= 4 is 45.1 Å². The Morgan fingerprint density at radius 3 is 2.70 bits per heavy atom. The molecule has 1 fully saturated rings. The lowest BCUT2D eigenvalue weighted by atomic mass is 9.89. The van der Waals surface area contributed by atoms with Crippen LogP contribution in [0.5, 0.6) is 0 Å². The zero-order valence-corrected chi connectivity index (χ0v) is 18.1. The van der Waals surface area contributed by atoms with Gasteiger partial charge >= 0.3 is 0 Å². The summed E-state index contributed by atoms with van der Waals surface area (Å²) in [4.78, 5) is 44.4. The molecule has 154 valence electrons. The van der Waals surface area contributed by atoms with E-state index >= 15 is 0 Å². The van der Waals surface area contributed by atoms with Gasteiger partial charge in [-0.1, -0.05) is 36.9 Å². The van der Waals surface area contributed by atoms with Gasteiger partial charge in [-0.2, -0.15) is 0 Å². The van der Waals surface area contributed by atoms with Crippen molar-refractivity contribution < 1.29 is 9.59 Å². The van der Waals surface area contributed by atoms with Crippen molar-refractivity contribution in [2.24, 2.45) is 5.92 Å². The van der Waals surface area contributed by atoms with E-state index in [0.29, 0.717) is 23.9 Å². The van der Waals surface area contributed by atoms with Crippen LogP contribution in [0.1, 0.15) is 36.6 Å². The molecular weight excluding hydrogens is 418 g/mol. The summed E-state index contributed by atoms with van der Waals surface area (Å²) in [5.41, 5.74) is 1.80. The highest BCUT2D eigenvalue weighted by Crippen LogP contribution is 2.37. The normalized spacial score (nSPS) is 21.5. The van der Waals surface area contributed by atoms with Crippen LogP contribution in [0.25, 0.3) is 15.9 Å². The highest BCUT2D eigenvalue weighted by atomic mass is 32.2. The Morgan fingerprint density at radius 1 is 1.13 bits per heavy atom.